The van der Waals surface area contributed by atoms with E-state index in [1.54, 1.807) is 6.07 Å². The lowest BCUT2D eigenvalue weighted by Crippen LogP contribution is -2.30. The van der Waals surface area contributed by atoms with Gasteiger partial charge in [-0.1, -0.05) is 22.0 Å². The highest BCUT2D eigenvalue weighted by Crippen LogP contribution is 2.40. The number of methoxy groups -OCH3 is 1. The zero-order valence-electron chi connectivity index (χ0n) is 17.6. The zero-order chi connectivity index (χ0) is 24.0. The Morgan fingerprint density at radius 1 is 1.09 bits per heavy atom. The highest BCUT2D eigenvalue weighted by atomic mass is 79.9. The molecule has 0 aliphatic carbocycles. The maximum Gasteiger partial charge on any atom is 0.418 e. The van der Waals surface area contributed by atoms with E-state index in [9.17, 15) is 26.7 Å². The first-order valence-electron chi connectivity index (χ1n) is 10.3. The van der Waals surface area contributed by atoms with Gasteiger partial charge in [-0.25, -0.2) is 12.4 Å². The lowest BCUT2D eigenvalue weighted by Gasteiger charge is -2.30. The Hall–Kier alpha value is -2.24. The third-order valence-corrected chi connectivity index (χ3v) is 7.94. The summed E-state index contributed by atoms with van der Waals surface area (Å²) in [5.74, 6) is 0.518. The summed E-state index contributed by atoms with van der Waals surface area (Å²) in [6.07, 6.45) is -3.90. The van der Waals surface area contributed by atoms with Crippen LogP contribution < -0.4 is 9.64 Å². The van der Waals surface area contributed by atoms with Crippen molar-refractivity contribution in [2.24, 2.45) is 0 Å². The summed E-state index contributed by atoms with van der Waals surface area (Å²) < 4.78 is 73.7. The molecule has 2 aromatic carbocycles. The summed E-state index contributed by atoms with van der Waals surface area (Å²) in [5.41, 5.74) is 0.114. The van der Waals surface area contributed by atoms with Crippen LogP contribution in [0.4, 0.5) is 18.9 Å². The molecule has 11 heteroatoms. The standard InChI is InChI=1S/C22H22BrF3N2O4S/c1-32-20-8-6-15(12-19(20)27-9-3-2-4-10-27)33(30,31)28-13-17(21(29)22(24,25)26)16-7-5-14(23)11-18(16)28/h5-8,11-13,21,29H,2-4,9-10H2,1H3. The minimum absolute atomic E-state index is 0.00337. The number of aromatic nitrogens is 1. The lowest BCUT2D eigenvalue weighted by atomic mass is 10.1. The molecule has 1 aliphatic heterocycles. The number of anilines is 1. The van der Waals surface area contributed by atoms with E-state index in [4.69, 9.17) is 4.74 Å². The number of halogens is 4. The van der Waals surface area contributed by atoms with Crippen molar-refractivity contribution in [3.05, 3.63) is 52.6 Å². The fraction of sp³-hybridized carbons (Fsp3) is 0.364. The van der Waals surface area contributed by atoms with Crippen LogP contribution in [-0.2, 0) is 10.0 Å². The molecule has 178 valence electrons. The average Bonchev–Trinajstić information content (AvgIpc) is 3.17. The Balaban J connectivity index is 1.89. The molecule has 1 unspecified atom stereocenters. The molecule has 4 rings (SSSR count). The first kappa shape index (κ1) is 23.9. The van der Waals surface area contributed by atoms with Crippen molar-refractivity contribution >= 4 is 42.5 Å². The zero-order valence-corrected chi connectivity index (χ0v) is 20.0. The Labute approximate surface area is 197 Å². The number of rotatable bonds is 5. The number of aliphatic hydroxyl groups excluding tert-OH is 1. The minimum atomic E-state index is -4.95. The van der Waals surface area contributed by atoms with Crippen molar-refractivity contribution in [2.45, 2.75) is 36.4 Å². The van der Waals surface area contributed by atoms with E-state index >= 15 is 0 Å². The van der Waals surface area contributed by atoms with Crippen LogP contribution in [0, 0.1) is 0 Å². The smallest absolute Gasteiger partial charge is 0.418 e. The Morgan fingerprint density at radius 3 is 2.42 bits per heavy atom. The Bertz CT molecular complexity index is 1280. The lowest BCUT2D eigenvalue weighted by molar-refractivity contribution is -0.206. The van der Waals surface area contributed by atoms with Gasteiger partial charge in [-0.05, 0) is 49.6 Å². The normalized spacial score (nSPS) is 16.2. The van der Waals surface area contributed by atoms with Crippen LogP contribution in [-0.4, -0.2) is 43.9 Å². The summed E-state index contributed by atoms with van der Waals surface area (Å²) in [7, 11) is -2.79. The van der Waals surface area contributed by atoms with Crippen LogP contribution in [0.1, 0.15) is 30.9 Å². The van der Waals surface area contributed by atoms with Gasteiger partial charge in [0.2, 0.25) is 0 Å². The maximum atomic E-state index is 13.6. The molecule has 0 bridgehead atoms. The van der Waals surface area contributed by atoms with Gasteiger partial charge in [0.05, 0.1) is 23.2 Å². The molecule has 3 aromatic rings. The molecule has 6 nitrogen and oxygen atoms in total. The van der Waals surface area contributed by atoms with Gasteiger partial charge >= 0.3 is 6.18 Å². The van der Waals surface area contributed by atoms with Gasteiger partial charge in [-0.15, -0.1) is 0 Å². The molecule has 1 saturated heterocycles. The highest BCUT2D eigenvalue weighted by molar-refractivity contribution is 9.10. The largest absolute Gasteiger partial charge is 0.495 e. The quantitative estimate of drug-likeness (QED) is 0.474. The number of piperidine rings is 1. The van der Waals surface area contributed by atoms with E-state index in [1.165, 1.54) is 37.4 Å². The Kier molecular flexibility index (Phi) is 6.41. The molecule has 0 radical (unpaired) electrons. The van der Waals surface area contributed by atoms with Crippen molar-refractivity contribution in [3.8, 4) is 5.75 Å². The first-order chi connectivity index (χ1) is 15.5. The number of ether oxygens (including phenoxy) is 1. The van der Waals surface area contributed by atoms with Crippen molar-refractivity contribution in [1.29, 1.82) is 0 Å². The molecule has 1 atom stereocenters. The maximum absolute atomic E-state index is 13.6. The van der Waals surface area contributed by atoms with E-state index in [1.807, 2.05) is 4.90 Å². The molecule has 0 saturated carbocycles. The fourth-order valence-corrected chi connectivity index (χ4v) is 5.85. The molecule has 1 N–H and O–H groups in total. The van der Waals surface area contributed by atoms with Crippen LogP contribution in [0.3, 0.4) is 0 Å². The van der Waals surface area contributed by atoms with Gasteiger partial charge < -0.3 is 14.7 Å². The van der Waals surface area contributed by atoms with Gasteiger partial charge in [0.25, 0.3) is 10.0 Å². The van der Waals surface area contributed by atoms with Gasteiger partial charge in [0.1, 0.15) is 5.75 Å². The third kappa shape index (κ3) is 4.45. The van der Waals surface area contributed by atoms with Crippen molar-refractivity contribution in [1.82, 2.24) is 3.97 Å². The summed E-state index contributed by atoms with van der Waals surface area (Å²) in [4.78, 5) is 1.96. The average molecular weight is 547 g/mol. The van der Waals surface area contributed by atoms with Crippen molar-refractivity contribution in [2.75, 3.05) is 25.1 Å². The van der Waals surface area contributed by atoms with Gasteiger partial charge in [0, 0.05) is 34.7 Å². The van der Waals surface area contributed by atoms with E-state index in [-0.39, 0.29) is 15.8 Å². The second kappa shape index (κ2) is 8.84. The number of alkyl halides is 3. The number of hydrogen-bond donors (Lipinski definition) is 1. The van der Waals surface area contributed by atoms with Crippen LogP contribution in [0.25, 0.3) is 10.9 Å². The summed E-state index contributed by atoms with van der Waals surface area (Å²) in [5, 5.41) is 9.89. The van der Waals surface area contributed by atoms with Gasteiger partial charge in [0.15, 0.2) is 6.10 Å². The second-order valence-electron chi connectivity index (χ2n) is 7.87. The van der Waals surface area contributed by atoms with Crippen molar-refractivity contribution < 1.29 is 31.4 Å². The van der Waals surface area contributed by atoms with E-state index in [2.05, 4.69) is 15.9 Å². The minimum Gasteiger partial charge on any atom is -0.495 e. The molecule has 33 heavy (non-hydrogen) atoms. The van der Waals surface area contributed by atoms with Gasteiger partial charge in [-0.2, -0.15) is 13.2 Å². The van der Waals surface area contributed by atoms with E-state index in [0.717, 1.165) is 42.5 Å². The molecule has 1 fully saturated rings. The predicted octanol–water partition coefficient (Wildman–Crippen LogP) is 5.24. The van der Waals surface area contributed by atoms with E-state index in [0.29, 0.717) is 15.9 Å². The van der Waals surface area contributed by atoms with Crippen LogP contribution in [0.5, 0.6) is 5.75 Å². The monoisotopic (exact) mass is 546 g/mol. The summed E-state index contributed by atoms with van der Waals surface area (Å²) >= 11 is 3.24. The number of fused-ring (bicyclic) bond motifs is 1. The molecule has 2 heterocycles. The molecular formula is C22H22BrF3N2O4S. The number of benzene rings is 2. The topological polar surface area (TPSA) is 71.8 Å². The van der Waals surface area contributed by atoms with Crippen LogP contribution >= 0.6 is 15.9 Å². The molecule has 1 aromatic heterocycles. The number of aliphatic hydroxyl groups is 1. The fourth-order valence-electron chi connectivity index (χ4n) is 4.12. The SMILES string of the molecule is COc1ccc(S(=O)(=O)n2cc(C(O)C(F)(F)F)c3ccc(Br)cc32)cc1N1CCCCC1. The second-order valence-corrected chi connectivity index (χ2v) is 10.6. The predicted molar refractivity (Wildman–Crippen MR) is 122 cm³/mol. The summed E-state index contributed by atoms with van der Waals surface area (Å²) in [6, 6.07) is 8.66. The Morgan fingerprint density at radius 2 is 1.79 bits per heavy atom. The van der Waals surface area contributed by atoms with Gasteiger partial charge in [-0.3, -0.25) is 0 Å². The number of nitrogens with zero attached hydrogens (tertiary/aromatic N) is 2. The third-order valence-electron chi connectivity index (χ3n) is 5.77. The summed E-state index contributed by atoms with van der Waals surface area (Å²) in [6.45, 7) is 1.50. The van der Waals surface area contributed by atoms with Crippen LogP contribution in [0.15, 0.2) is 52.0 Å². The highest BCUT2D eigenvalue weighted by Gasteiger charge is 2.41. The van der Waals surface area contributed by atoms with E-state index < -0.39 is 27.9 Å². The molecule has 0 spiro atoms. The number of hydrogen-bond acceptors (Lipinski definition) is 5. The molecule has 0 amide bonds. The molecular weight excluding hydrogens is 525 g/mol. The van der Waals surface area contributed by atoms with Crippen LogP contribution in [0.2, 0.25) is 0 Å². The molecule has 1 aliphatic rings. The van der Waals surface area contributed by atoms with Crippen molar-refractivity contribution in [3.63, 3.8) is 0 Å². The first-order valence-corrected chi connectivity index (χ1v) is 12.5.